The molecule has 0 heterocycles. The van der Waals surface area contributed by atoms with E-state index in [0.29, 0.717) is 5.56 Å². The second-order valence-corrected chi connectivity index (χ2v) is 5.45. The molecule has 9 heteroatoms. The molecule has 0 unspecified atom stereocenters. The molecule has 1 aromatic rings. The molecule has 1 rings (SSSR count). The summed E-state index contributed by atoms with van der Waals surface area (Å²) in [6.45, 7) is 3.33. The van der Waals surface area contributed by atoms with E-state index in [9.17, 15) is 29.6 Å². The second-order valence-electron chi connectivity index (χ2n) is 5.45. The lowest BCUT2D eigenvalue weighted by Crippen LogP contribution is -2.43. The molecule has 0 saturated heterocycles. The van der Waals surface area contributed by atoms with Gasteiger partial charge in [-0.25, -0.2) is 4.79 Å². The lowest BCUT2D eigenvalue weighted by molar-refractivity contribution is -0.384. The molecule has 1 amide bonds. The molecule has 1 aromatic carbocycles. The topological polar surface area (TPSA) is 136 Å². The molecule has 0 radical (unpaired) electrons. The molecule has 2 N–H and O–H groups in total. The maximum absolute atomic E-state index is 12.0. The van der Waals surface area contributed by atoms with Crippen molar-refractivity contribution < 1.29 is 29.2 Å². The number of non-ortho nitro benzene ring substituents is 1. The van der Waals surface area contributed by atoms with E-state index in [1.54, 1.807) is 6.92 Å². The van der Waals surface area contributed by atoms with E-state index in [1.165, 1.54) is 31.2 Å². The average molecular weight is 352 g/mol. The molecule has 0 aliphatic carbocycles. The first kappa shape index (κ1) is 20.1. The number of rotatable bonds is 9. The van der Waals surface area contributed by atoms with Crippen LogP contribution in [0.15, 0.2) is 24.3 Å². The highest BCUT2D eigenvalue weighted by Crippen LogP contribution is 2.14. The number of carboxylic acids is 1. The zero-order chi connectivity index (χ0) is 19.0. The van der Waals surface area contributed by atoms with Crippen LogP contribution < -0.4 is 5.32 Å². The summed E-state index contributed by atoms with van der Waals surface area (Å²) in [5.74, 6) is -3.12. The number of amides is 1. The number of nitrogens with one attached hydrogen (secondary N) is 1. The predicted molar refractivity (Wildman–Crippen MR) is 86.8 cm³/mol. The van der Waals surface area contributed by atoms with Crippen LogP contribution >= 0.6 is 0 Å². The van der Waals surface area contributed by atoms with Crippen LogP contribution in [-0.2, 0) is 25.5 Å². The third-order valence-corrected chi connectivity index (χ3v) is 3.40. The van der Waals surface area contributed by atoms with Gasteiger partial charge < -0.3 is 15.2 Å². The smallest absolute Gasteiger partial charge is 0.326 e. The molecule has 9 nitrogen and oxygen atoms in total. The fraction of sp³-hybridized carbons (Fsp3) is 0.438. The van der Waals surface area contributed by atoms with Crippen molar-refractivity contribution in [3.63, 3.8) is 0 Å². The first-order chi connectivity index (χ1) is 11.7. The average Bonchev–Trinajstić information content (AvgIpc) is 2.54. The summed E-state index contributed by atoms with van der Waals surface area (Å²) < 4.78 is 4.81. The highest BCUT2D eigenvalue weighted by molar-refractivity contribution is 5.85. The van der Waals surface area contributed by atoms with Gasteiger partial charge in [0.05, 0.1) is 23.9 Å². The van der Waals surface area contributed by atoms with E-state index in [4.69, 9.17) is 4.74 Å². The number of esters is 1. The number of nitro groups is 1. The van der Waals surface area contributed by atoms with Gasteiger partial charge in [0, 0.05) is 12.1 Å². The van der Waals surface area contributed by atoms with E-state index >= 15 is 0 Å². The van der Waals surface area contributed by atoms with Crippen molar-refractivity contribution in [2.24, 2.45) is 5.92 Å². The van der Waals surface area contributed by atoms with Crippen molar-refractivity contribution in [3.8, 4) is 0 Å². The molecule has 0 fully saturated rings. The Kier molecular flexibility index (Phi) is 7.51. The molecule has 136 valence electrons. The molecule has 0 aromatic heterocycles. The highest BCUT2D eigenvalue weighted by atomic mass is 16.6. The Morgan fingerprint density at radius 3 is 2.60 bits per heavy atom. The van der Waals surface area contributed by atoms with Gasteiger partial charge in [0.2, 0.25) is 5.91 Å². The summed E-state index contributed by atoms with van der Waals surface area (Å²) in [7, 11) is 0. The summed E-state index contributed by atoms with van der Waals surface area (Å²) in [4.78, 5) is 45.1. The number of benzene rings is 1. The van der Waals surface area contributed by atoms with Gasteiger partial charge in [-0.05, 0) is 18.9 Å². The highest BCUT2D eigenvalue weighted by Gasteiger charge is 2.26. The fourth-order valence-electron chi connectivity index (χ4n) is 2.17. The monoisotopic (exact) mass is 352 g/mol. The van der Waals surface area contributed by atoms with Gasteiger partial charge >= 0.3 is 11.9 Å². The number of ether oxygens (including phenoxy) is 1. The summed E-state index contributed by atoms with van der Waals surface area (Å²) in [5.41, 5.74) is 0.227. The summed E-state index contributed by atoms with van der Waals surface area (Å²) in [6, 6.07) is 4.26. The molecule has 0 aliphatic heterocycles. The first-order valence-electron chi connectivity index (χ1n) is 7.66. The number of carbonyl (C=O) groups is 3. The summed E-state index contributed by atoms with van der Waals surface area (Å²) in [6.07, 6.45) is -0.325. The Morgan fingerprint density at radius 1 is 1.36 bits per heavy atom. The number of hydrogen-bond acceptors (Lipinski definition) is 6. The Hall–Kier alpha value is -2.97. The van der Waals surface area contributed by atoms with E-state index in [0.717, 1.165) is 0 Å². The number of aliphatic carboxylic acids is 1. The minimum absolute atomic E-state index is 0.116. The lowest BCUT2D eigenvalue weighted by atomic mass is 10.0. The van der Waals surface area contributed by atoms with Gasteiger partial charge in [-0.1, -0.05) is 19.1 Å². The molecule has 0 bridgehead atoms. The van der Waals surface area contributed by atoms with Gasteiger partial charge in [0.25, 0.3) is 5.69 Å². The van der Waals surface area contributed by atoms with Crippen molar-refractivity contribution in [2.75, 3.05) is 6.61 Å². The van der Waals surface area contributed by atoms with Gasteiger partial charge in [-0.15, -0.1) is 0 Å². The SMILES string of the molecule is CCOC(=O)[C@H](C)C[C@H](NC(=O)Cc1cccc([N+](=O)[O-])c1)C(=O)O. The second kappa shape index (κ2) is 9.36. The van der Waals surface area contributed by atoms with Gasteiger partial charge in [0.15, 0.2) is 0 Å². The fourth-order valence-corrected chi connectivity index (χ4v) is 2.17. The number of carbonyl (C=O) groups excluding carboxylic acids is 2. The molecular formula is C16H20N2O7. The molecule has 0 aliphatic rings. The summed E-state index contributed by atoms with van der Waals surface area (Å²) in [5, 5.41) is 22.3. The quantitative estimate of drug-likeness (QED) is 0.388. The van der Waals surface area contributed by atoms with E-state index < -0.39 is 34.7 Å². The van der Waals surface area contributed by atoms with Crippen LogP contribution in [0.5, 0.6) is 0 Å². The van der Waals surface area contributed by atoms with E-state index in [2.05, 4.69) is 5.32 Å². The molecule has 0 spiro atoms. The zero-order valence-electron chi connectivity index (χ0n) is 13.9. The van der Waals surface area contributed by atoms with Crippen molar-refractivity contribution in [1.82, 2.24) is 5.32 Å². The van der Waals surface area contributed by atoms with Crippen LogP contribution in [0.3, 0.4) is 0 Å². The largest absolute Gasteiger partial charge is 0.480 e. The van der Waals surface area contributed by atoms with Gasteiger partial charge in [-0.2, -0.15) is 0 Å². The molecular weight excluding hydrogens is 332 g/mol. The zero-order valence-corrected chi connectivity index (χ0v) is 13.9. The molecule has 0 saturated carbocycles. The minimum atomic E-state index is -1.27. The summed E-state index contributed by atoms with van der Waals surface area (Å²) >= 11 is 0. The number of hydrogen-bond donors (Lipinski definition) is 2. The van der Waals surface area contributed by atoms with Crippen LogP contribution in [0.1, 0.15) is 25.8 Å². The number of carboxylic acid groups (broad SMARTS) is 1. The standard InChI is InChI=1S/C16H20N2O7/c1-3-25-16(22)10(2)7-13(15(20)21)17-14(19)9-11-5-4-6-12(8-11)18(23)24/h4-6,8,10,13H,3,7,9H2,1-2H3,(H,17,19)(H,20,21)/t10-,13+/m1/s1. The Labute approximate surface area is 144 Å². The van der Waals surface area contributed by atoms with Crippen molar-refractivity contribution in [2.45, 2.75) is 32.7 Å². The predicted octanol–water partition coefficient (Wildman–Crippen LogP) is 1.30. The van der Waals surface area contributed by atoms with Crippen LogP contribution in [0.2, 0.25) is 0 Å². The maximum atomic E-state index is 12.0. The van der Waals surface area contributed by atoms with Crippen LogP contribution in [-0.4, -0.2) is 40.5 Å². The van der Waals surface area contributed by atoms with Crippen molar-refractivity contribution in [1.29, 1.82) is 0 Å². The van der Waals surface area contributed by atoms with Crippen LogP contribution in [0, 0.1) is 16.0 Å². The van der Waals surface area contributed by atoms with E-state index in [1.807, 2.05) is 0 Å². The third kappa shape index (κ3) is 6.58. The Balaban J connectivity index is 2.70. The maximum Gasteiger partial charge on any atom is 0.326 e. The lowest BCUT2D eigenvalue weighted by Gasteiger charge is -2.18. The molecule has 25 heavy (non-hydrogen) atoms. The number of nitro benzene ring substituents is 1. The van der Waals surface area contributed by atoms with Crippen molar-refractivity contribution >= 4 is 23.5 Å². The van der Waals surface area contributed by atoms with Gasteiger partial charge in [0.1, 0.15) is 6.04 Å². The third-order valence-electron chi connectivity index (χ3n) is 3.40. The van der Waals surface area contributed by atoms with Crippen LogP contribution in [0.25, 0.3) is 0 Å². The number of nitrogens with zero attached hydrogens (tertiary/aromatic N) is 1. The van der Waals surface area contributed by atoms with Crippen molar-refractivity contribution in [3.05, 3.63) is 39.9 Å². The minimum Gasteiger partial charge on any atom is -0.480 e. The van der Waals surface area contributed by atoms with E-state index in [-0.39, 0.29) is 25.1 Å². The Bertz CT molecular complexity index is 660. The Morgan fingerprint density at radius 2 is 2.04 bits per heavy atom. The normalized spacial score (nSPS) is 12.7. The van der Waals surface area contributed by atoms with Crippen LogP contribution in [0.4, 0.5) is 5.69 Å². The molecule has 2 atom stereocenters. The van der Waals surface area contributed by atoms with Gasteiger partial charge in [-0.3, -0.25) is 19.7 Å². The first-order valence-corrected chi connectivity index (χ1v) is 7.66.